The number of carbonyl (C=O) groups excluding carboxylic acids is 1. The van der Waals surface area contributed by atoms with Crippen LogP contribution in [0.4, 0.5) is 48.7 Å². The van der Waals surface area contributed by atoms with Gasteiger partial charge in [-0.3, -0.25) is 27.5 Å². The molecule has 0 aliphatic rings. The Bertz CT molecular complexity index is 2580. The molecule has 1 amide bonds. The fourth-order valence-electron chi connectivity index (χ4n) is 6.21. The summed E-state index contributed by atoms with van der Waals surface area (Å²) in [7, 11) is 1.63. The Hall–Kier alpha value is -6.05. The molecule has 0 atom stereocenters. The molecule has 0 unspecified atom stereocenters. The molecule has 1 N–H and O–H groups in total. The Morgan fingerprint density at radius 2 is 0.988 bits per heavy atom. The van der Waals surface area contributed by atoms with Crippen molar-refractivity contribution in [1.82, 2.24) is 25.3 Å². The fourth-order valence-corrected chi connectivity index (χ4v) is 6.40. The minimum atomic E-state index is -4.50. The topological polar surface area (TPSA) is 154 Å². The predicted molar refractivity (Wildman–Crippen MR) is 269 cm³/mol. The average molecular weight is 1340 g/mol. The molecule has 4 heterocycles. The van der Waals surface area contributed by atoms with Crippen LogP contribution in [0.1, 0.15) is 36.8 Å². The van der Waals surface area contributed by atoms with Gasteiger partial charge in [-0.1, -0.05) is 60.4 Å². The maximum Gasteiger partial charge on any atom is 0.417 e. The number of hydrogen-bond acceptors (Lipinski definition) is 13. The Kier molecular flexibility index (Phi) is 32.2. The van der Waals surface area contributed by atoms with Crippen LogP contribution in [0.5, 0.6) is 11.5 Å². The van der Waals surface area contributed by atoms with Gasteiger partial charge in [-0.05, 0) is 36.4 Å². The molecule has 0 fully saturated rings. The smallest absolute Gasteiger partial charge is 0.417 e. The van der Waals surface area contributed by atoms with E-state index in [2.05, 4.69) is 37.4 Å². The SMILES string of the molecule is COCCOCCOCCOc1ccnc(-c2cc(OCCOC(=O)NCCOCCOCCCCCCCl)ccn2)c1.Fc1c[c-]c(-c2ccc(C(F)(F)F)cn2)c(F)c1.Fc1c[c-]c(-c2ccc(C(F)(F)F)cn2)c(F)c1.[Ir]. The van der Waals surface area contributed by atoms with E-state index in [0.29, 0.717) is 119 Å². The van der Waals surface area contributed by atoms with E-state index >= 15 is 0 Å². The molecule has 6 rings (SSSR count). The number of carbonyl (C=O) groups is 1. The minimum absolute atomic E-state index is 0. The van der Waals surface area contributed by atoms with E-state index in [-0.39, 0.29) is 55.8 Å². The third kappa shape index (κ3) is 26.9. The number of ether oxygens (including phenoxy) is 8. The number of halogens is 11. The van der Waals surface area contributed by atoms with Gasteiger partial charge in [0.2, 0.25) is 0 Å². The molecule has 439 valence electrons. The number of hydrogen-bond donors (Lipinski definition) is 1. The number of pyridine rings is 4. The Morgan fingerprint density at radius 3 is 1.44 bits per heavy atom. The first kappa shape index (κ1) is 68.2. The van der Waals surface area contributed by atoms with Gasteiger partial charge in [0.1, 0.15) is 31.3 Å². The van der Waals surface area contributed by atoms with E-state index < -0.39 is 52.8 Å². The van der Waals surface area contributed by atoms with Gasteiger partial charge < -0.3 is 53.2 Å². The summed E-state index contributed by atoms with van der Waals surface area (Å²) in [5, 5.41) is 2.64. The van der Waals surface area contributed by atoms with Gasteiger partial charge in [-0.2, -0.15) is 26.3 Å². The van der Waals surface area contributed by atoms with Crippen molar-refractivity contribution >= 4 is 17.7 Å². The van der Waals surface area contributed by atoms with Crippen molar-refractivity contribution < 1.29 is 107 Å². The van der Waals surface area contributed by atoms with Gasteiger partial charge in [0.25, 0.3) is 0 Å². The van der Waals surface area contributed by atoms with Crippen molar-refractivity contribution in [2.45, 2.75) is 38.0 Å². The van der Waals surface area contributed by atoms with Crippen LogP contribution < -0.4 is 14.8 Å². The largest absolute Gasteiger partial charge is 0.491 e. The summed E-state index contributed by atoms with van der Waals surface area (Å²) in [5.41, 5.74) is -1.05. The summed E-state index contributed by atoms with van der Waals surface area (Å²) in [6.07, 6.45) is -0.731. The van der Waals surface area contributed by atoms with Crippen molar-refractivity contribution in [3.63, 3.8) is 0 Å². The summed E-state index contributed by atoms with van der Waals surface area (Å²) in [6.45, 7) is 5.68. The summed E-state index contributed by atoms with van der Waals surface area (Å²) in [6, 6.07) is 18.2. The molecule has 26 heteroatoms. The Balaban J connectivity index is 0.000000369. The van der Waals surface area contributed by atoms with Crippen LogP contribution >= 0.6 is 11.6 Å². The number of unbranched alkanes of at least 4 members (excludes halogenated alkanes) is 3. The quantitative estimate of drug-likeness (QED) is 0.0205. The van der Waals surface area contributed by atoms with Gasteiger partial charge in [-0.15, -0.1) is 35.9 Å². The third-order valence-corrected chi connectivity index (χ3v) is 10.3. The first-order chi connectivity index (χ1) is 38.0. The van der Waals surface area contributed by atoms with Crippen LogP contribution in [-0.4, -0.2) is 125 Å². The number of methoxy groups -OCH3 is 1. The van der Waals surface area contributed by atoms with Crippen LogP contribution in [-0.2, 0) is 60.9 Å². The number of nitrogens with one attached hydrogen (secondary N) is 1. The van der Waals surface area contributed by atoms with Gasteiger partial charge >= 0.3 is 18.4 Å². The number of amides is 1. The molecule has 0 saturated carbocycles. The molecule has 6 aromatic rings. The van der Waals surface area contributed by atoms with Crippen LogP contribution in [0.3, 0.4) is 0 Å². The average Bonchev–Trinajstić information content (AvgIpc) is 3.46. The van der Waals surface area contributed by atoms with Crippen LogP contribution in [0.2, 0.25) is 0 Å². The summed E-state index contributed by atoms with van der Waals surface area (Å²) >= 11 is 5.65. The van der Waals surface area contributed by atoms with E-state index in [0.717, 1.165) is 68.7 Å². The molecule has 0 saturated heterocycles. The van der Waals surface area contributed by atoms with Crippen molar-refractivity contribution in [2.24, 2.45) is 0 Å². The van der Waals surface area contributed by atoms with E-state index in [1.54, 1.807) is 43.8 Å². The molecule has 0 bridgehead atoms. The Labute approximate surface area is 474 Å². The Morgan fingerprint density at radius 1 is 0.537 bits per heavy atom. The molecule has 0 aliphatic carbocycles. The zero-order chi connectivity index (χ0) is 57.3. The maximum absolute atomic E-state index is 13.3. The van der Waals surface area contributed by atoms with Crippen molar-refractivity contribution in [3.05, 3.63) is 144 Å². The normalized spacial score (nSPS) is 11.1. The molecular weight excluding hydrogens is 1280 g/mol. The molecule has 2 aromatic carbocycles. The second kappa shape index (κ2) is 37.8. The zero-order valence-electron chi connectivity index (χ0n) is 42.9. The minimum Gasteiger partial charge on any atom is -0.491 e. The predicted octanol–water partition coefficient (Wildman–Crippen LogP) is 11.8. The monoisotopic (exact) mass is 1340 g/mol. The molecule has 14 nitrogen and oxygen atoms in total. The van der Waals surface area contributed by atoms with Crippen LogP contribution in [0, 0.1) is 35.4 Å². The number of benzene rings is 2. The molecule has 80 heavy (non-hydrogen) atoms. The van der Waals surface area contributed by atoms with Crippen LogP contribution in [0.25, 0.3) is 33.9 Å². The van der Waals surface area contributed by atoms with Gasteiger partial charge in [0.15, 0.2) is 0 Å². The van der Waals surface area contributed by atoms with E-state index in [4.69, 9.17) is 49.5 Å². The number of rotatable bonds is 29. The van der Waals surface area contributed by atoms with Gasteiger partial charge in [0, 0.05) is 106 Å². The van der Waals surface area contributed by atoms with Crippen molar-refractivity contribution in [3.8, 4) is 45.4 Å². The van der Waals surface area contributed by atoms with Crippen molar-refractivity contribution in [1.29, 1.82) is 0 Å². The number of alkyl carbamates (subject to hydrolysis) is 1. The maximum atomic E-state index is 13.3. The van der Waals surface area contributed by atoms with Gasteiger partial charge in [0.05, 0.1) is 75.4 Å². The van der Waals surface area contributed by atoms with Gasteiger partial charge in [-0.25, -0.2) is 4.79 Å². The number of aromatic nitrogens is 4. The third-order valence-electron chi connectivity index (χ3n) is 10.1. The van der Waals surface area contributed by atoms with Crippen molar-refractivity contribution in [2.75, 3.05) is 98.8 Å². The van der Waals surface area contributed by atoms with Crippen LogP contribution in [0.15, 0.2) is 97.6 Å². The first-order valence-corrected chi connectivity index (χ1v) is 24.8. The summed E-state index contributed by atoms with van der Waals surface area (Å²) < 4.78 is 169. The molecule has 0 spiro atoms. The summed E-state index contributed by atoms with van der Waals surface area (Å²) in [5.74, 6) is -1.54. The second-order valence-electron chi connectivity index (χ2n) is 16.0. The number of nitrogens with zero attached hydrogens (tertiary/aromatic N) is 4. The first-order valence-electron chi connectivity index (χ1n) is 24.2. The molecule has 0 aliphatic heterocycles. The summed E-state index contributed by atoms with van der Waals surface area (Å²) in [4.78, 5) is 27.6. The molecule has 1 radical (unpaired) electrons. The van der Waals surface area contributed by atoms with E-state index in [1.165, 1.54) is 0 Å². The standard InChI is InChI=1S/C30H46ClN3O9.2C12H5F5N.Ir/c1-36-14-15-39-18-19-40-20-21-41-26-6-9-32-28(24-26)29-25-27(7-10-33-29)42-22-23-43-30(35)34-11-13-38-17-16-37-12-5-3-2-4-8-31;2*13-8-2-3-9(10(14)5-8)11-4-1-7(6-18-11)12(15,16)17;/h6-7,9-10,24-25H,2-5,8,11-23H2,1H3,(H,34,35);2*1-2,4-6H;/q;2*-1;. The fraction of sp³-hybridized carbons (Fsp3) is 0.389. The molecule has 4 aromatic heterocycles. The molecular formula is C54H56ClF10IrN5O9-2. The second-order valence-corrected chi connectivity index (χ2v) is 16.4. The number of alkyl halides is 7. The van der Waals surface area contributed by atoms with E-state index in [1.807, 2.05) is 0 Å². The zero-order valence-corrected chi connectivity index (χ0v) is 46.1. The van der Waals surface area contributed by atoms with E-state index in [9.17, 15) is 48.7 Å².